The van der Waals surface area contributed by atoms with E-state index in [0.717, 1.165) is 24.2 Å². The second kappa shape index (κ2) is 3.50. The summed E-state index contributed by atoms with van der Waals surface area (Å²) in [5.41, 5.74) is 1.27. The van der Waals surface area contributed by atoms with Gasteiger partial charge in [-0.15, -0.1) is 0 Å². The topological polar surface area (TPSA) is 48.9 Å². The quantitative estimate of drug-likeness (QED) is 0.750. The normalized spacial score (nSPS) is 12.1. The van der Waals surface area contributed by atoms with E-state index in [1.54, 1.807) is 13.8 Å². The van der Waals surface area contributed by atoms with Crippen LogP contribution in [-0.2, 0) is 12.0 Å². The van der Waals surface area contributed by atoms with Crippen molar-refractivity contribution in [2.45, 2.75) is 46.1 Å². The van der Waals surface area contributed by atoms with Gasteiger partial charge in [-0.25, -0.2) is 4.98 Å². The summed E-state index contributed by atoms with van der Waals surface area (Å²) in [7, 11) is 0. The molecule has 0 saturated carbocycles. The smallest absolute Gasteiger partial charge is 0.138 e. The van der Waals surface area contributed by atoms with Crippen molar-refractivity contribution in [2.75, 3.05) is 0 Å². The molecule has 1 heterocycles. The van der Waals surface area contributed by atoms with E-state index in [1.807, 2.05) is 6.92 Å². The lowest BCUT2D eigenvalue weighted by atomic mass is 10.1. The standard InChI is InChI=1S/C10H18N2O/c1-5-6-8-7(2)11-9(12-8)10(3,4)13/h13H,5-6H2,1-4H3,(H,11,12). The number of hydrogen-bond acceptors (Lipinski definition) is 2. The molecular formula is C10H18N2O. The third-order valence-corrected chi connectivity index (χ3v) is 2.05. The number of H-pyrrole nitrogens is 1. The van der Waals surface area contributed by atoms with Crippen molar-refractivity contribution in [1.29, 1.82) is 0 Å². The van der Waals surface area contributed by atoms with E-state index in [1.165, 1.54) is 0 Å². The Hall–Kier alpha value is -0.830. The molecule has 0 unspecified atom stereocenters. The zero-order valence-electron chi connectivity index (χ0n) is 8.81. The van der Waals surface area contributed by atoms with Crippen molar-refractivity contribution in [3.05, 3.63) is 17.2 Å². The molecule has 0 amide bonds. The van der Waals surface area contributed by atoms with E-state index in [9.17, 15) is 5.11 Å². The fourth-order valence-electron chi connectivity index (χ4n) is 1.27. The highest BCUT2D eigenvalue weighted by atomic mass is 16.3. The minimum atomic E-state index is -0.864. The molecule has 3 heteroatoms. The Labute approximate surface area is 79.2 Å². The van der Waals surface area contributed by atoms with E-state index in [2.05, 4.69) is 16.9 Å². The van der Waals surface area contributed by atoms with Crippen LogP contribution in [0.15, 0.2) is 0 Å². The summed E-state index contributed by atoms with van der Waals surface area (Å²) in [5, 5.41) is 9.70. The largest absolute Gasteiger partial charge is 0.383 e. The average molecular weight is 182 g/mol. The molecule has 0 atom stereocenters. The van der Waals surface area contributed by atoms with Crippen LogP contribution in [0.1, 0.15) is 44.4 Å². The van der Waals surface area contributed by atoms with Gasteiger partial charge < -0.3 is 10.1 Å². The van der Waals surface area contributed by atoms with Gasteiger partial charge in [0.1, 0.15) is 11.4 Å². The Balaban J connectivity index is 2.95. The Morgan fingerprint density at radius 1 is 1.46 bits per heavy atom. The first-order chi connectivity index (χ1) is 5.95. The summed E-state index contributed by atoms with van der Waals surface area (Å²) in [6.45, 7) is 7.59. The first kappa shape index (κ1) is 10.3. The van der Waals surface area contributed by atoms with E-state index in [-0.39, 0.29) is 0 Å². The number of nitrogens with one attached hydrogen (secondary N) is 1. The van der Waals surface area contributed by atoms with Crippen molar-refractivity contribution in [3.63, 3.8) is 0 Å². The Bertz CT molecular complexity index is 284. The lowest BCUT2D eigenvalue weighted by molar-refractivity contribution is 0.0695. The summed E-state index contributed by atoms with van der Waals surface area (Å²) in [4.78, 5) is 7.47. The van der Waals surface area contributed by atoms with Gasteiger partial charge in [0.05, 0.1) is 5.69 Å². The Morgan fingerprint density at radius 2 is 2.08 bits per heavy atom. The first-order valence-electron chi connectivity index (χ1n) is 4.73. The number of imidazole rings is 1. The van der Waals surface area contributed by atoms with E-state index in [4.69, 9.17) is 0 Å². The van der Waals surface area contributed by atoms with Crippen molar-refractivity contribution in [3.8, 4) is 0 Å². The van der Waals surface area contributed by atoms with Gasteiger partial charge in [-0.2, -0.15) is 0 Å². The van der Waals surface area contributed by atoms with Gasteiger partial charge in [0, 0.05) is 5.69 Å². The van der Waals surface area contributed by atoms with Crippen molar-refractivity contribution in [2.24, 2.45) is 0 Å². The zero-order valence-corrected chi connectivity index (χ0v) is 8.81. The van der Waals surface area contributed by atoms with Crippen LogP contribution < -0.4 is 0 Å². The first-order valence-corrected chi connectivity index (χ1v) is 4.73. The number of nitrogens with zero attached hydrogens (tertiary/aromatic N) is 1. The third kappa shape index (κ3) is 2.31. The van der Waals surface area contributed by atoms with Gasteiger partial charge in [0.15, 0.2) is 0 Å². The molecule has 1 aromatic rings. The molecule has 0 radical (unpaired) electrons. The maximum Gasteiger partial charge on any atom is 0.138 e. The monoisotopic (exact) mass is 182 g/mol. The van der Waals surface area contributed by atoms with Gasteiger partial charge in [-0.1, -0.05) is 13.3 Å². The summed E-state index contributed by atoms with van der Waals surface area (Å²) in [6, 6.07) is 0. The lowest BCUT2D eigenvalue weighted by Gasteiger charge is -2.12. The molecule has 1 rings (SSSR count). The fraction of sp³-hybridized carbons (Fsp3) is 0.700. The SMILES string of the molecule is CCCc1nc(C(C)(C)O)[nH]c1C. The number of aryl methyl sites for hydroxylation is 2. The average Bonchev–Trinajstić information content (AvgIpc) is 2.32. The van der Waals surface area contributed by atoms with Crippen LogP contribution in [0, 0.1) is 6.92 Å². The van der Waals surface area contributed by atoms with Crippen molar-refractivity contribution >= 4 is 0 Å². The molecule has 0 aliphatic carbocycles. The highest BCUT2D eigenvalue weighted by molar-refractivity contribution is 5.15. The molecule has 0 aliphatic rings. The highest BCUT2D eigenvalue weighted by Gasteiger charge is 2.20. The molecule has 74 valence electrons. The molecule has 0 aromatic carbocycles. The number of aromatic nitrogens is 2. The predicted molar refractivity (Wildman–Crippen MR) is 52.6 cm³/mol. The second-order valence-corrected chi connectivity index (χ2v) is 3.97. The molecular weight excluding hydrogens is 164 g/mol. The van der Waals surface area contributed by atoms with Gasteiger partial charge in [0.25, 0.3) is 0 Å². The van der Waals surface area contributed by atoms with E-state index >= 15 is 0 Å². The second-order valence-electron chi connectivity index (χ2n) is 3.97. The predicted octanol–water partition coefficient (Wildman–Crippen LogP) is 1.90. The highest BCUT2D eigenvalue weighted by Crippen LogP contribution is 2.18. The lowest BCUT2D eigenvalue weighted by Crippen LogP contribution is -2.17. The van der Waals surface area contributed by atoms with Crippen LogP contribution in [0.3, 0.4) is 0 Å². The summed E-state index contributed by atoms with van der Waals surface area (Å²) in [6.07, 6.45) is 2.05. The molecule has 3 nitrogen and oxygen atoms in total. The van der Waals surface area contributed by atoms with Crippen LogP contribution in [0.4, 0.5) is 0 Å². The number of rotatable bonds is 3. The van der Waals surface area contributed by atoms with E-state index in [0.29, 0.717) is 5.82 Å². The molecule has 0 bridgehead atoms. The van der Waals surface area contributed by atoms with Crippen LogP contribution in [-0.4, -0.2) is 15.1 Å². The van der Waals surface area contributed by atoms with Crippen LogP contribution in [0.25, 0.3) is 0 Å². The van der Waals surface area contributed by atoms with Crippen LogP contribution >= 0.6 is 0 Å². The minimum absolute atomic E-state index is 0.661. The number of aliphatic hydroxyl groups is 1. The van der Waals surface area contributed by atoms with Crippen LogP contribution in [0.2, 0.25) is 0 Å². The molecule has 0 saturated heterocycles. The van der Waals surface area contributed by atoms with Gasteiger partial charge in [0.2, 0.25) is 0 Å². The molecule has 0 spiro atoms. The molecule has 2 N–H and O–H groups in total. The maximum absolute atomic E-state index is 9.70. The molecule has 1 aromatic heterocycles. The summed E-state index contributed by atoms with van der Waals surface area (Å²) < 4.78 is 0. The number of aromatic amines is 1. The van der Waals surface area contributed by atoms with Crippen molar-refractivity contribution in [1.82, 2.24) is 9.97 Å². The summed E-state index contributed by atoms with van der Waals surface area (Å²) in [5.74, 6) is 0.661. The minimum Gasteiger partial charge on any atom is -0.383 e. The van der Waals surface area contributed by atoms with Gasteiger partial charge in [-0.05, 0) is 27.2 Å². The van der Waals surface area contributed by atoms with E-state index < -0.39 is 5.60 Å². The molecule has 0 fully saturated rings. The summed E-state index contributed by atoms with van der Waals surface area (Å²) >= 11 is 0. The third-order valence-electron chi connectivity index (χ3n) is 2.05. The van der Waals surface area contributed by atoms with Gasteiger partial charge in [-0.3, -0.25) is 0 Å². The van der Waals surface area contributed by atoms with Crippen molar-refractivity contribution < 1.29 is 5.11 Å². The Kier molecular flexibility index (Phi) is 2.76. The zero-order chi connectivity index (χ0) is 10.1. The fourth-order valence-corrected chi connectivity index (χ4v) is 1.27. The molecule has 13 heavy (non-hydrogen) atoms. The Morgan fingerprint density at radius 3 is 2.46 bits per heavy atom. The maximum atomic E-state index is 9.70. The van der Waals surface area contributed by atoms with Crippen LogP contribution in [0.5, 0.6) is 0 Å². The molecule has 0 aliphatic heterocycles. The van der Waals surface area contributed by atoms with Gasteiger partial charge >= 0.3 is 0 Å². The number of hydrogen-bond donors (Lipinski definition) is 2.